The van der Waals surface area contributed by atoms with Gasteiger partial charge in [-0.1, -0.05) is 25.1 Å². The average Bonchev–Trinajstić information content (AvgIpc) is 3.93. The summed E-state index contributed by atoms with van der Waals surface area (Å²) in [6.07, 6.45) is 4.31. The van der Waals surface area contributed by atoms with Crippen LogP contribution in [0.25, 0.3) is 0 Å². The smallest absolute Gasteiger partial charge is 0.387 e. The molecule has 2 saturated carbocycles. The van der Waals surface area contributed by atoms with Gasteiger partial charge in [-0.3, -0.25) is 4.79 Å². The maximum Gasteiger partial charge on any atom is 0.387 e. The molecule has 0 saturated heterocycles. The first-order valence-electron chi connectivity index (χ1n) is 14.8. The number of alkyl halides is 2. The van der Waals surface area contributed by atoms with Gasteiger partial charge in [0, 0.05) is 17.8 Å². The lowest BCUT2D eigenvalue weighted by Crippen LogP contribution is -2.29. The number of anilines is 2. The number of ether oxygens (including phenoxy) is 1. The lowest BCUT2D eigenvalue weighted by molar-refractivity contribution is -0.0495. The van der Waals surface area contributed by atoms with E-state index >= 15 is 0 Å². The van der Waals surface area contributed by atoms with E-state index in [4.69, 9.17) is 4.74 Å². The number of carbonyl (C=O) groups excluding carboxylic acids is 1. The molecule has 2 aliphatic rings. The van der Waals surface area contributed by atoms with Gasteiger partial charge < -0.3 is 20.1 Å². The third kappa shape index (κ3) is 7.37. The lowest BCUT2D eigenvalue weighted by atomic mass is 10.0. The van der Waals surface area contributed by atoms with Crippen LogP contribution in [0.2, 0.25) is 0 Å². The minimum Gasteiger partial charge on any atom is -0.433 e. The highest BCUT2D eigenvalue weighted by Gasteiger charge is 2.30. The van der Waals surface area contributed by atoms with Crippen molar-refractivity contribution in [2.24, 2.45) is 0 Å². The van der Waals surface area contributed by atoms with E-state index in [0.717, 1.165) is 31.4 Å². The summed E-state index contributed by atoms with van der Waals surface area (Å²) >= 11 is 0. The molecule has 1 atom stereocenters. The molecule has 0 aliphatic heterocycles. The quantitative estimate of drug-likeness (QED) is 0.215. The molecule has 8 nitrogen and oxygen atoms in total. The molecule has 11 heteroatoms. The van der Waals surface area contributed by atoms with Gasteiger partial charge in [-0.2, -0.15) is 14.0 Å². The fraction of sp³-hybridized carbons (Fsp3) is 0.394. The standard InChI is InChI=1S/C33H35F2N3O5S/c1-2-44(41,42)28-10-7-23(8-11-28)29(13-14-36)37-32(40)24-9-12-30(31(20-24)43-33(34)35)38(15-16-39)27-18-25(21-3-4-21)17-26(19-27)22-5-6-22/h7-12,17-22,29,33,39H,2-6,13,15-16H2,1H3,(H,37,40)/t29-/m0/s1. The number of rotatable bonds is 14. The number of sulfone groups is 1. The topological polar surface area (TPSA) is 120 Å². The van der Waals surface area contributed by atoms with Crippen molar-refractivity contribution in [3.63, 3.8) is 0 Å². The summed E-state index contributed by atoms with van der Waals surface area (Å²) in [5.74, 6) is 0.0332. The highest BCUT2D eigenvalue weighted by Crippen LogP contribution is 2.47. The van der Waals surface area contributed by atoms with Crippen LogP contribution in [0, 0.1) is 11.3 Å². The third-order valence-electron chi connectivity index (χ3n) is 8.05. The third-order valence-corrected chi connectivity index (χ3v) is 9.80. The second-order valence-corrected chi connectivity index (χ2v) is 13.5. The predicted octanol–water partition coefficient (Wildman–Crippen LogP) is 6.35. The largest absolute Gasteiger partial charge is 0.433 e. The molecule has 2 aliphatic carbocycles. The molecule has 0 bridgehead atoms. The number of hydrogen-bond donors (Lipinski definition) is 2. The zero-order valence-electron chi connectivity index (χ0n) is 24.4. The van der Waals surface area contributed by atoms with Crippen molar-refractivity contribution in [2.45, 2.75) is 68.4 Å². The first-order valence-corrected chi connectivity index (χ1v) is 16.4. The van der Waals surface area contributed by atoms with Crippen molar-refractivity contribution in [3.8, 4) is 11.8 Å². The van der Waals surface area contributed by atoms with E-state index in [1.54, 1.807) is 11.8 Å². The number of aliphatic hydroxyl groups excluding tert-OH is 1. The number of carbonyl (C=O) groups is 1. The number of amides is 1. The monoisotopic (exact) mass is 623 g/mol. The van der Waals surface area contributed by atoms with Crippen molar-refractivity contribution in [1.82, 2.24) is 5.32 Å². The van der Waals surface area contributed by atoms with Crippen LogP contribution < -0.4 is 15.0 Å². The molecule has 0 aromatic heterocycles. The van der Waals surface area contributed by atoms with E-state index in [2.05, 4.69) is 11.4 Å². The highest BCUT2D eigenvalue weighted by atomic mass is 32.2. The van der Waals surface area contributed by atoms with Gasteiger partial charge in [0.25, 0.3) is 5.91 Å². The van der Waals surface area contributed by atoms with E-state index in [0.29, 0.717) is 17.4 Å². The van der Waals surface area contributed by atoms with Crippen molar-refractivity contribution < 1.29 is 31.8 Å². The molecule has 44 heavy (non-hydrogen) atoms. The van der Waals surface area contributed by atoms with Crippen LogP contribution in [0.5, 0.6) is 5.75 Å². The summed E-state index contributed by atoms with van der Waals surface area (Å²) in [5, 5.41) is 22.1. The van der Waals surface area contributed by atoms with Gasteiger partial charge in [0.05, 0.1) is 41.5 Å². The molecule has 2 fully saturated rings. The highest BCUT2D eigenvalue weighted by molar-refractivity contribution is 7.91. The molecule has 3 aromatic carbocycles. The maximum atomic E-state index is 13.6. The summed E-state index contributed by atoms with van der Waals surface area (Å²) in [4.78, 5) is 15.2. The maximum absolute atomic E-state index is 13.6. The molecular weight excluding hydrogens is 588 g/mol. The van der Waals surface area contributed by atoms with Crippen molar-refractivity contribution >= 4 is 27.1 Å². The first-order chi connectivity index (χ1) is 21.1. The van der Waals surface area contributed by atoms with Crippen LogP contribution in [-0.4, -0.2) is 44.9 Å². The van der Waals surface area contributed by atoms with Gasteiger partial charge in [-0.05, 0) is 96.7 Å². The number of aliphatic hydroxyl groups is 1. The van der Waals surface area contributed by atoms with Gasteiger partial charge in [-0.15, -0.1) is 0 Å². The summed E-state index contributed by atoms with van der Waals surface area (Å²) in [5.41, 5.74) is 4.00. The number of hydrogen-bond acceptors (Lipinski definition) is 7. The Bertz CT molecular complexity index is 1620. The molecule has 5 rings (SSSR count). The van der Waals surface area contributed by atoms with Crippen LogP contribution in [-0.2, 0) is 9.84 Å². The van der Waals surface area contributed by atoms with Crippen LogP contribution in [0.15, 0.2) is 65.6 Å². The number of benzene rings is 3. The number of nitrogens with one attached hydrogen (secondary N) is 1. The second kappa shape index (κ2) is 13.3. The predicted molar refractivity (Wildman–Crippen MR) is 162 cm³/mol. The molecule has 3 aromatic rings. The minimum atomic E-state index is -3.42. The summed E-state index contributed by atoms with van der Waals surface area (Å²) in [6.45, 7) is -1.74. The first kappa shape index (κ1) is 31.4. The second-order valence-electron chi connectivity index (χ2n) is 11.2. The van der Waals surface area contributed by atoms with Crippen molar-refractivity contribution in [2.75, 3.05) is 23.8 Å². The SMILES string of the molecule is CCS(=O)(=O)c1ccc([C@H](CC#N)NC(=O)c2ccc(N(CCO)c3cc(C4CC4)cc(C4CC4)c3)c(OC(F)F)c2)cc1. The molecular formula is C33H35F2N3O5S. The van der Waals surface area contributed by atoms with Crippen LogP contribution >= 0.6 is 0 Å². The molecule has 232 valence electrons. The normalized spacial score (nSPS) is 15.5. The molecule has 0 unspecified atom stereocenters. The van der Waals surface area contributed by atoms with E-state index in [1.165, 1.54) is 53.6 Å². The Morgan fingerprint density at radius 1 is 1.05 bits per heavy atom. The number of nitrogens with zero attached hydrogens (tertiary/aromatic N) is 2. The van der Waals surface area contributed by atoms with Crippen molar-refractivity contribution in [3.05, 3.63) is 82.9 Å². The Labute approximate surface area is 256 Å². The lowest BCUT2D eigenvalue weighted by Gasteiger charge is -2.28. The van der Waals surface area contributed by atoms with E-state index in [-0.39, 0.29) is 47.2 Å². The Morgan fingerprint density at radius 2 is 1.68 bits per heavy atom. The zero-order valence-corrected chi connectivity index (χ0v) is 25.2. The molecule has 0 spiro atoms. The Balaban J connectivity index is 1.45. The molecule has 1 amide bonds. The van der Waals surface area contributed by atoms with Crippen molar-refractivity contribution in [1.29, 1.82) is 5.26 Å². The van der Waals surface area contributed by atoms with Crippen LogP contribution in [0.3, 0.4) is 0 Å². The van der Waals surface area contributed by atoms with E-state index < -0.39 is 28.4 Å². The Hall–Kier alpha value is -4.01. The van der Waals surface area contributed by atoms with Crippen LogP contribution in [0.1, 0.15) is 84.0 Å². The minimum absolute atomic E-state index is 0.0341. The number of nitriles is 1. The van der Waals surface area contributed by atoms with Gasteiger partial charge >= 0.3 is 6.61 Å². The van der Waals surface area contributed by atoms with E-state index in [9.17, 15) is 32.4 Å². The fourth-order valence-corrected chi connectivity index (χ4v) is 6.22. The Kier molecular flexibility index (Phi) is 9.51. The molecule has 2 N–H and O–H groups in total. The summed E-state index contributed by atoms with van der Waals surface area (Å²) in [6, 6.07) is 17.7. The number of halogens is 2. The van der Waals surface area contributed by atoms with Gasteiger partial charge in [0.1, 0.15) is 0 Å². The zero-order chi connectivity index (χ0) is 31.4. The molecule has 0 radical (unpaired) electrons. The average molecular weight is 624 g/mol. The van der Waals surface area contributed by atoms with Gasteiger partial charge in [0.15, 0.2) is 15.6 Å². The van der Waals surface area contributed by atoms with Crippen LogP contribution in [0.4, 0.5) is 20.2 Å². The Morgan fingerprint density at radius 3 is 2.20 bits per heavy atom. The summed E-state index contributed by atoms with van der Waals surface area (Å²) in [7, 11) is -3.42. The summed E-state index contributed by atoms with van der Waals surface area (Å²) < 4.78 is 56.6. The fourth-order valence-electron chi connectivity index (χ4n) is 5.34. The van der Waals surface area contributed by atoms with E-state index in [1.807, 2.05) is 18.2 Å². The van der Waals surface area contributed by atoms with Gasteiger partial charge in [0.2, 0.25) is 0 Å². The molecule has 0 heterocycles. The van der Waals surface area contributed by atoms with Gasteiger partial charge in [-0.25, -0.2) is 8.42 Å².